The fraction of sp³-hybridized carbons (Fsp3) is 1.00. The van der Waals surface area contributed by atoms with Gasteiger partial charge in [0.25, 0.3) is 0 Å². The Labute approximate surface area is 92.2 Å². The lowest BCUT2D eigenvalue weighted by molar-refractivity contribution is 0.00201. The minimum absolute atomic E-state index is 0.0846. The van der Waals surface area contributed by atoms with Gasteiger partial charge in [-0.3, -0.25) is 0 Å². The molecule has 1 heterocycles. The van der Waals surface area contributed by atoms with Crippen molar-refractivity contribution in [2.24, 2.45) is 0 Å². The van der Waals surface area contributed by atoms with Gasteiger partial charge in [0.15, 0.2) is 0 Å². The van der Waals surface area contributed by atoms with Gasteiger partial charge in [0.2, 0.25) is 0 Å². The van der Waals surface area contributed by atoms with Gasteiger partial charge < -0.3 is 15.2 Å². The number of aliphatic hydroxyl groups excluding tert-OH is 1. The van der Waals surface area contributed by atoms with Crippen LogP contribution in [0.4, 0.5) is 0 Å². The van der Waals surface area contributed by atoms with Crippen molar-refractivity contribution < 1.29 is 9.84 Å². The van der Waals surface area contributed by atoms with E-state index in [1.165, 1.54) is 12.8 Å². The van der Waals surface area contributed by atoms with Crippen LogP contribution in [0.5, 0.6) is 0 Å². The molecule has 2 fully saturated rings. The highest BCUT2D eigenvalue weighted by molar-refractivity contribution is 4.92. The zero-order chi connectivity index (χ0) is 10.7. The molecule has 0 aromatic carbocycles. The van der Waals surface area contributed by atoms with Gasteiger partial charge in [-0.25, -0.2) is 0 Å². The van der Waals surface area contributed by atoms with E-state index in [4.69, 9.17) is 4.74 Å². The Bertz CT molecular complexity index is 202. The largest absolute Gasteiger partial charge is 0.392 e. The predicted octanol–water partition coefficient (Wildman–Crippen LogP) is 1.45. The second-order valence-electron chi connectivity index (χ2n) is 5.32. The van der Waals surface area contributed by atoms with E-state index in [0.29, 0.717) is 0 Å². The van der Waals surface area contributed by atoms with Crippen LogP contribution in [0.25, 0.3) is 0 Å². The Morgan fingerprint density at radius 2 is 2.07 bits per heavy atom. The molecule has 2 aliphatic rings. The van der Waals surface area contributed by atoms with Crippen LogP contribution in [-0.2, 0) is 4.74 Å². The number of rotatable bonds is 2. The van der Waals surface area contributed by atoms with Crippen LogP contribution in [0.1, 0.15) is 45.4 Å². The first-order chi connectivity index (χ1) is 7.20. The Hall–Kier alpha value is -0.120. The second-order valence-corrected chi connectivity index (χ2v) is 5.32. The lowest BCUT2D eigenvalue weighted by atomic mass is 9.87. The molecule has 2 N–H and O–H groups in total. The number of hydrogen-bond donors (Lipinski definition) is 2. The summed E-state index contributed by atoms with van der Waals surface area (Å²) in [6.45, 7) is 3.90. The van der Waals surface area contributed by atoms with E-state index in [0.717, 1.165) is 38.9 Å². The number of nitrogens with one attached hydrogen (secondary N) is 1. The highest BCUT2D eigenvalue weighted by Crippen LogP contribution is 2.24. The van der Waals surface area contributed by atoms with Crippen LogP contribution < -0.4 is 5.32 Å². The molecular formula is C12H23NO2. The third kappa shape index (κ3) is 2.92. The normalized spacial score (nSPS) is 42.8. The number of ether oxygens (including phenoxy) is 1. The fourth-order valence-corrected chi connectivity index (χ4v) is 2.78. The molecule has 1 saturated carbocycles. The number of hydrogen-bond acceptors (Lipinski definition) is 3. The second kappa shape index (κ2) is 4.81. The summed E-state index contributed by atoms with van der Waals surface area (Å²) in [5.41, 5.74) is 0.0846. The molecule has 0 radical (unpaired) electrons. The maximum atomic E-state index is 9.91. The minimum Gasteiger partial charge on any atom is -0.392 e. The van der Waals surface area contributed by atoms with Crippen molar-refractivity contribution >= 4 is 0 Å². The molecule has 1 saturated heterocycles. The van der Waals surface area contributed by atoms with Crippen molar-refractivity contribution in [3.63, 3.8) is 0 Å². The first kappa shape index (κ1) is 11.4. The molecule has 88 valence electrons. The van der Waals surface area contributed by atoms with Crippen molar-refractivity contribution in [3.05, 3.63) is 0 Å². The van der Waals surface area contributed by atoms with E-state index in [1.54, 1.807) is 0 Å². The summed E-state index contributed by atoms with van der Waals surface area (Å²) in [5.74, 6) is 0. The number of aliphatic hydroxyl groups is 1. The van der Waals surface area contributed by atoms with Crippen molar-refractivity contribution in [2.45, 2.75) is 63.1 Å². The van der Waals surface area contributed by atoms with Gasteiger partial charge in [-0.05, 0) is 32.6 Å². The maximum Gasteiger partial charge on any atom is 0.0693 e. The van der Waals surface area contributed by atoms with Gasteiger partial charge in [-0.2, -0.15) is 0 Å². The van der Waals surface area contributed by atoms with Gasteiger partial charge in [0, 0.05) is 18.2 Å². The SMILES string of the molecule is CC1(NC2CCCCC2O)CCCOC1. The van der Waals surface area contributed by atoms with Crippen LogP contribution in [0.3, 0.4) is 0 Å². The van der Waals surface area contributed by atoms with E-state index in [-0.39, 0.29) is 17.7 Å². The van der Waals surface area contributed by atoms with E-state index < -0.39 is 0 Å². The summed E-state index contributed by atoms with van der Waals surface area (Å²) < 4.78 is 5.52. The molecule has 1 aliphatic heterocycles. The summed E-state index contributed by atoms with van der Waals surface area (Å²) in [5, 5.41) is 13.5. The Balaban J connectivity index is 1.88. The molecule has 0 aromatic rings. The summed E-state index contributed by atoms with van der Waals surface area (Å²) in [4.78, 5) is 0. The van der Waals surface area contributed by atoms with E-state index in [2.05, 4.69) is 12.2 Å². The molecule has 0 aromatic heterocycles. The molecule has 1 aliphatic carbocycles. The van der Waals surface area contributed by atoms with Crippen LogP contribution >= 0.6 is 0 Å². The molecule has 15 heavy (non-hydrogen) atoms. The Morgan fingerprint density at radius 3 is 2.73 bits per heavy atom. The summed E-state index contributed by atoms with van der Waals surface area (Å²) in [7, 11) is 0. The molecule has 0 amide bonds. The van der Waals surface area contributed by atoms with Crippen LogP contribution in [0, 0.1) is 0 Å². The standard InChI is InChI=1S/C12H23NO2/c1-12(7-4-8-15-9-12)13-10-5-2-3-6-11(10)14/h10-11,13-14H,2-9H2,1H3. The smallest absolute Gasteiger partial charge is 0.0693 e. The molecule has 3 atom stereocenters. The van der Waals surface area contributed by atoms with Gasteiger partial charge in [-0.1, -0.05) is 12.8 Å². The average molecular weight is 213 g/mol. The zero-order valence-electron chi connectivity index (χ0n) is 9.67. The lowest BCUT2D eigenvalue weighted by Crippen LogP contribution is -2.57. The van der Waals surface area contributed by atoms with E-state index >= 15 is 0 Å². The fourth-order valence-electron chi connectivity index (χ4n) is 2.78. The van der Waals surface area contributed by atoms with Gasteiger partial charge in [0.05, 0.1) is 12.7 Å². The molecule has 3 heteroatoms. The minimum atomic E-state index is -0.155. The van der Waals surface area contributed by atoms with Crippen LogP contribution in [-0.4, -0.2) is 36.0 Å². The first-order valence-electron chi connectivity index (χ1n) is 6.23. The average Bonchev–Trinajstić information content (AvgIpc) is 2.22. The summed E-state index contributed by atoms with van der Waals surface area (Å²) in [6, 6.07) is 0.283. The van der Waals surface area contributed by atoms with E-state index in [9.17, 15) is 5.11 Å². The highest BCUT2D eigenvalue weighted by atomic mass is 16.5. The topological polar surface area (TPSA) is 41.5 Å². The third-order valence-corrected chi connectivity index (χ3v) is 3.70. The monoisotopic (exact) mass is 213 g/mol. The molecule has 0 spiro atoms. The van der Waals surface area contributed by atoms with Gasteiger partial charge in [0.1, 0.15) is 0 Å². The summed E-state index contributed by atoms with van der Waals surface area (Å²) >= 11 is 0. The molecule has 2 rings (SSSR count). The first-order valence-corrected chi connectivity index (χ1v) is 6.23. The Kier molecular flexibility index (Phi) is 3.65. The Morgan fingerprint density at radius 1 is 1.27 bits per heavy atom. The van der Waals surface area contributed by atoms with E-state index in [1.807, 2.05) is 0 Å². The maximum absolute atomic E-state index is 9.91. The zero-order valence-corrected chi connectivity index (χ0v) is 9.67. The molecule has 3 unspecified atom stereocenters. The van der Waals surface area contributed by atoms with Crippen molar-refractivity contribution in [3.8, 4) is 0 Å². The molecule has 0 bridgehead atoms. The van der Waals surface area contributed by atoms with Crippen molar-refractivity contribution in [1.29, 1.82) is 0 Å². The van der Waals surface area contributed by atoms with Crippen molar-refractivity contribution in [1.82, 2.24) is 5.32 Å². The van der Waals surface area contributed by atoms with Gasteiger partial charge in [-0.15, -0.1) is 0 Å². The third-order valence-electron chi connectivity index (χ3n) is 3.70. The lowest BCUT2D eigenvalue weighted by Gasteiger charge is -2.40. The van der Waals surface area contributed by atoms with Crippen LogP contribution in [0.2, 0.25) is 0 Å². The van der Waals surface area contributed by atoms with Crippen molar-refractivity contribution in [2.75, 3.05) is 13.2 Å². The highest BCUT2D eigenvalue weighted by Gasteiger charge is 2.33. The molecule has 3 nitrogen and oxygen atoms in total. The van der Waals surface area contributed by atoms with Gasteiger partial charge >= 0.3 is 0 Å². The molecular weight excluding hydrogens is 190 g/mol. The quantitative estimate of drug-likeness (QED) is 0.729. The summed E-state index contributed by atoms with van der Waals surface area (Å²) in [6.07, 6.45) is 6.61. The predicted molar refractivity (Wildman–Crippen MR) is 59.9 cm³/mol. The van der Waals surface area contributed by atoms with Crippen LogP contribution in [0.15, 0.2) is 0 Å².